The van der Waals surface area contributed by atoms with Crippen LogP contribution in [-0.2, 0) is 25.7 Å². The summed E-state index contributed by atoms with van der Waals surface area (Å²) in [7, 11) is 2.03. The summed E-state index contributed by atoms with van der Waals surface area (Å²) in [4.78, 5) is 40.9. The topological polar surface area (TPSA) is 96.4 Å². The fourth-order valence-corrected chi connectivity index (χ4v) is 6.14. The minimum absolute atomic E-state index is 0.131. The van der Waals surface area contributed by atoms with Gasteiger partial charge in [-0.1, -0.05) is 6.07 Å². The van der Waals surface area contributed by atoms with E-state index in [0.29, 0.717) is 30.3 Å². The Morgan fingerprint density at radius 3 is 2.47 bits per heavy atom. The second-order valence-electron chi connectivity index (χ2n) is 10.2. The van der Waals surface area contributed by atoms with E-state index in [1.165, 1.54) is 0 Å². The molecule has 8 nitrogen and oxygen atoms in total. The third-order valence-corrected chi connectivity index (χ3v) is 8.48. The number of likely N-dealkylation sites (N-methyl/N-ethyl adjacent to an activating group) is 1. The smallest absolute Gasteiger partial charge is 0.338 e. The number of aliphatic hydroxyl groups is 1. The van der Waals surface area contributed by atoms with Crippen molar-refractivity contribution in [2.24, 2.45) is 5.41 Å². The summed E-state index contributed by atoms with van der Waals surface area (Å²) in [6.07, 6.45) is 3.55. The fraction of sp³-hybridized carbons (Fsp3) is 0.577. The molecule has 5 rings (SSSR count). The summed E-state index contributed by atoms with van der Waals surface area (Å²) >= 11 is 0. The number of carbonyl (C=O) groups excluding carboxylic acids is 3. The molecule has 1 atom stereocenters. The Hall–Kier alpha value is -2.71. The van der Waals surface area contributed by atoms with Crippen molar-refractivity contribution < 1.29 is 29.0 Å². The number of esters is 2. The predicted molar refractivity (Wildman–Crippen MR) is 123 cm³/mol. The van der Waals surface area contributed by atoms with E-state index < -0.39 is 6.10 Å². The van der Waals surface area contributed by atoms with Gasteiger partial charge in [0.2, 0.25) is 5.91 Å². The summed E-state index contributed by atoms with van der Waals surface area (Å²) in [5, 5.41) is 11.0. The first-order chi connectivity index (χ1) is 16.2. The third kappa shape index (κ3) is 3.64. The lowest BCUT2D eigenvalue weighted by atomic mass is 9.71. The lowest BCUT2D eigenvalue weighted by Gasteiger charge is -2.40. The molecule has 3 heterocycles. The highest BCUT2D eigenvalue weighted by Crippen LogP contribution is 2.47. The maximum Gasteiger partial charge on any atom is 0.338 e. The van der Waals surface area contributed by atoms with Crippen LogP contribution >= 0.6 is 0 Å². The number of fused-ring (bicyclic) bond motifs is 1. The van der Waals surface area contributed by atoms with Crippen molar-refractivity contribution in [3.8, 4) is 0 Å². The Labute approximate surface area is 199 Å². The molecular weight excluding hydrogens is 436 g/mol. The molecule has 1 aromatic carbocycles. The molecule has 3 aliphatic heterocycles. The molecule has 182 valence electrons. The normalized spacial score (nSPS) is 27.6. The van der Waals surface area contributed by atoms with Crippen molar-refractivity contribution in [2.45, 2.75) is 64.7 Å². The second-order valence-corrected chi connectivity index (χ2v) is 10.2. The maximum atomic E-state index is 13.4. The summed E-state index contributed by atoms with van der Waals surface area (Å²) in [6, 6.07) is 3.87. The van der Waals surface area contributed by atoms with Crippen LogP contribution in [0.4, 0.5) is 0 Å². The summed E-state index contributed by atoms with van der Waals surface area (Å²) in [5.74, 6) is -0.497. The molecule has 1 N–H and O–H groups in total. The van der Waals surface area contributed by atoms with Gasteiger partial charge in [-0.05, 0) is 70.2 Å². The van der Waals surface area contributed by atoms with Crippen LogP contribution in [0.5, 0.6) is 0 Å². The van der Waals surface area contributed by atoms with Gasteiger partial charge in [-0.25, -0.2) is 9.59 Å². The number of ether oxygens (including phenoxy) is 2. The van der Waals surface area contributed by atoms with Gasteiger partial charge in [-0.3, -0.25) is 4.79 Å². The average molecular weight is 469 g/mol. The van der Waals surface area contributed by atoms with Gasteiger partial charge < -0.3 is 24.4 Å². The molecule has 1 spiro atoms. The number of likely N-dealkylation sites (tertiary alicyclic amines) is 1. The minimum atomic E-state index is -0.666. The average Bonchev–Trinajstić information content (AvgIpc) is 3.46. The standard InChI is InChI=1S/C26H32N2O6/c1-15-18(4-5-19-20(15)13-33-24(19)31)22(29)12-27(3)17-6-8-26(9-7-17)10-11-28(25(26)32)21-14-34-23(30)16(21)2/h4-5,17,22,29H,6-14H2,1-3H3. The fourth-order valence-electron chi connectivity index (χ4n) is 6.14. The zero-order valence-corrected chi connectivity index (χ0v) is 20.1. The van der Waals surface area contributed by atoms with E-state index in [2.05, 4.69) is 4.90 Å². The number of amides is 1. The Morgan fingerprint density at radius 1 is 1.09 bits per heavy atom. The molecule has 34 heavy (non-hydrogen) atoms. The molecule has 0 radical (unpaired) electrons. The number of cyclic esters (lactones) is 2. The second kappa shape index (κ2) is 8.50. The van der Waals surface area contributed by atoms with Gasteiger partial charge in [0.05, 0.1) is 28.4 Å². The molecule has 1 aromatic rings. The van der Waals surface area contributed by atoms with E-state index in [4.69, 9.17) is 9.47 Å². The van der Waals surface area contributed by atoms with E-state index in [1.807, 2.05) is 20.0 Å². The van der Waals surface area contributed by atoms with Crippen molar-refractivity contribution in [3.05, 3.63) is 45.7 Å². The minimum Gasteiger partial charge on any atom is -0.457 e. The number of nitrogens with zero attached hydrogens (tertiary/aromatic N) is 2. The molecule has 0 bridgehead atoms. The van der Waals surface area contributed by atoms with Gasteiger partial charge in [-0.2, -0.15) is 0 Å². The molecule has 0 aromatic heterocycles. The van der Waals surface area contributed by atoms with Gasteiger partial charge in [0.15, 0.2) is 0 Å². The summed E-state index contributed by atoms with van der Waals surface area (Å²) < 4.78 is 10.2. The molecule has 1 aliphatic carbocycles. The van der Waals surface area contributed by atoms with Crippen LogP contribution in [-0.4, -0.2) is 65.5 Å². The van der Waals surface area contributed by atoms with Gasteiger partial charge >= 0.3 is 11.9 Å². The molecule has 1 saturated carbocycles. The van der Waals surface area contributed by atoms with Crippen LogP contribution in [0, 0.1) is 12.3 Å². The largest absolute Gasteiger partial charge is 0.457 e. The first-order valence-electron chi connectivity index (χ1n) is 12.1. The van der Waals surface area contributed by atoms with Gasteiger partial charge in [-0.15, -0.1) is 0 Å². The Bertz CT molecular complexity index is 1090. The van der Waals surface area contributed by atoms with E-state index >= 15 is 0 Å². The lowest BCUT2D eigenvalue weighted by molar-refractivity contribution is -0.138. The zero-order valence-electron chi connectivity index (χ0n) is 20.1. The Balaban J connectivity index is 1.21. The molecule has 8 heteroatoms. The Kier molecular flexibility index (Phi) is 5.76. The number of rotatable bonds is 5. The number of hydrogen-bond donors (Lipinski definition) is 1. The van der Waals surface area contributed by atoms with Crippen LogP contribution in [0.1, 0.15) is 72.2 Å². The molecule has 1 amide bonds. The quantitative estimate of drug-likeness (QED) is 0.664. The number of carbonyl (C=O) groups is 3. The van der Waals surface area contributed by atoms with E-state index in [0.717, 1.165) is 54.5 Å². The van der Waals surface area contributed by atoms with Crippen LogP contribution in [0.15, 0.2) is 23.4 Å². The SMILES string of the molecule is CC1=C(N2CCC3(CCC(N(C)CC(O)c4ccc5c(c4C)COC5=O)CC3)C2=O)COC1=O. The number of hydrogen-bond acceptors (Lipinski definition) is 7. The van der Waals surface area contributed by atoms with Crippen LogP contribution in [0.3, 0.4) is 0 Å². The first kappa shape index (κ1) is 23.1. The molecule has 4 aliphatic rings. The summed E-state index contributed by atoms with van der Waals surface area (Å²) in [6.45, 7) is 5.25. The van der Waals surface area contributed by atoms with Gasteiger partial charge in [0, 0.05) is 24.7 Å². The van der Waals surface area contributed by atoms with Gasteiger partial charge in [0.25, 0.3) is 0 Å². The Morgan fingerprint density at radius 2 is 1.79 bits per heavy atom. The third-order valence-electron chi connectivity index (χ3n) is 8.48. The van der Waals surface area contributed by atoms with E-state index in [1.54, 1.807) is 17.9 Å². The molecule has 2 fully saturated rings. The van der Waals surface area contributed by atoms with Crippen LogP contribution in [0.25, 0.3) is 0 Å². The molecule has 1 saturated heterocycles. The van der Waals surface area contributed by atoms with E-state index in [-0.39, 0.29) is 36.5 Å². The first-order valence-corrected chi connectivity index (χ1v) is 12.1. The monoisotopic (exact) mass is 468 g/mol. The van der Waals surface area contributed by atoms with Gasteiger partial charge in [0.1, 0.15) is 13.2 Å². The zero-order chi connectivity index (χ0) is 24.2. The van der Waals surface area contributed by atoms with Crippen LogP contribution < -0.4 is 0 Å². The number of benzene rings is 1. The highest BCUT2D eigenvalue weighted by molar-refractivity contribution is 5.94. The van der Waals surface area contributed by atoms with Crippen LogP contribution in [0.2, 0.25) is 0 Å². The molecule has 1 unspecified atom stereocenters. The van der Waals surface area contributed by atoms with Crippen molar-refractivity contribution in [1.29, 1.82) is 0 Å². The van der Waals surface area contributed by atoms with Crippen molar-refractivity contribution >= 4 is 17.8 Å². The highest BCUT2D eigenvalue weighted by atomic mass is 16.5. The van der Waals surface area contributed by atoms with E-state index in [9.17, 15) is 19.5 Å². The van der Waals surface area contributed by atoms with Crippen molar-refractivity contribution in [2.75, 3.05) is 26.7 Å². The van der Waals surface area contributed by atoms with Crippen molar-refractivity contribution in [1.82, 2.24) is 9.80 Å². The van der Waals surface area contributed by atoms with Crippen molar-refractivity contribution in [3.63, 3.8) is 0 Å². The maximum absolute atomic E-state index is 13.4. The predicted octanol–water partition coefficient (Wildman–Crippen LogP) is 2.62. The summed E-state index contributed by atoms with van der Waals surface area (Å²) in [5.41, 5.74) is 4.13. The molecular formula is C26H32N2O6. The highest BCUT2D eigenvalue weighted by Gasteiger charge is 2.50. The lowest BCUT2D eigenvalue weighted by Crippen LogP contribution is -2.43. The number of aliphatic hydroxyl groups excluding tert-OH is 1.